The van der Waals surface area contributed by atoms with Crippen molar-refractivity contribution in [2.45, 2.75) is 73.9 Å². The molecule has 2 N–H and O–H groups in total. The summed E-state index contributed by atoms with van der Waals surface area (Å²) in [6, 6.07) is 6.79. The summed E-state index contributed by atoms with van der Waals surface area (Å²) in [4.78, 5) is 10.6. The van der Waals surface area contributed by atoms with Crippen molar-refractivity contribution in [1.82, 2.24) is 25.5 Å². The number of aromatic nitrogens is 4. The van der Waals surface area contributed by atoms with Crippen LogP contribution < -0.4 is 10.2 Å². The molecule has 3 aliphatic rings. The van der Waals surface area contributed by atoms with E-state index in [9.17, 15) is 9.50 Å². The minimum Gasteiger partial charge on any atom is -0.507 e. The molecule has 0 unspecified atom stereocenters. The van der Waals surface area contributed by atoms with Crippen LogP contribution in [0.3, 0.4) is 0 Å². The Hall–Kier alpha value is -2.85. The van der Waals surface area contributed by atoms with E-state index in [1.807, 2.05) is 11.2 Å². The van der Waals surface area contributed by atoms with Gasteiger partial charge in [-0.15, -0.1) is 22.0 Å². The zero-order chi connectivity index (χ0) is 24.8. The number of thioether (sulfide) groups is 1. The van der Waals surface area contributed by atoms with E-state index < -0.39 is 12.0 Å². The molecule has 7 nitrogen and oxygen atoms in total. The lowest BCUT2D eigenvalue weighted by molar-refractivity contribution is 0.103. The second kappa shape index (κ2) is 9.55. The van der Waals surface area contributed by atoms with Gasteiger partial charge in [-0.05, 0) is 62.1 Å². The maximum atomic E-state index is 15.4. The number of nitrogens with one attached hydrogen (secondary N) is 1. The lowest BCUT2D eigenvalue weighted by Gasteiger charge is -2.46. The molecule has 3 fully saturated rings. The van der Waals surface area contributed by atoms with Crippen LogP contribution in [0.25, 0.3) is 22.4 Å². The summed E-state index contributed by atoms with van der Waals surface area (Å²) >= 11 is 1.42. The molecule has 2 saturated heterocycles. The van der Waals surface area contributed by atoms with Crippen molar-refractivity contribution in [2.75, 3.05) is 11.2 Å². The highest BCUT2D eigenvalue weighted by Gasteiger charge is 2.47. The predicted molar refractivity (Wildman–Crippen MR) is 135 cm³/mol. The van der Waals surface area contributed by atoms with Gasteiger partial charge in [0.25, 0.3) is 0 Å². The first-order valence-electron chi connectivity index (χ1n) is 12.4. The molecule has 0 spiro atoms. The second-order valence-electron chi connectivity index (χ2n) is 9.87. The Bertz CT molecular complexity index is 1260. The third kappa shape index (κ3) is 4.41. The summed E-state index contributed by atoms with van der Waals surface area (Å²) in [7, 11) is 0. The first-order chi connectivity index (χ1) is 17.5. The van der Waals surface area contributed by atoms with Crippen LogP contribution in [0, 0.1) is 5.82 Å². The molecule has 4 heterocycles. The number of halogens is 2. The van der Waals surface area contributed by atoms with Gasteiger partial charge in [0.2, 0.25) is 5.95 Å². The Balaban J connectivity index is 1.26. The highest BCUT2D eigenvalue weighted by Crippen LogP contribution is 2.39. The summed E-state index contributed by atoms with van der Waals surface area (Å²) < 4.78 is 29.8. The highest BCUT2D eigenvalue weighted by molar-refractivity contribution is 7.98. The monoisotopic (exact) mass is 510 g/mol. The zero-order valence-electron chi connectivity index (χ0n) is 19.9. The normalized spacial score (nSPS) is 25.5. The van der Waals surface area contributed by atoms with E-state index in [1.54, 1.807) is 24.4 Å². The van der Waals surface area contributed by atoms with E-state index in [0.29, 0.717) is 39.4 Å². The number of alkyl halides is 1. The van der Waals surface area contributed by atoms with Crippen molar-refractivity contribution in [3.05, 3.63) is 42.5 Å². The quantitative estimate of drug-likeness (QED) is 0.459. The number of piperidine rings is 2. The van der Waals surface area contributed by atoms with E-state index in [1.165, 1.54) is 24.0 Å². The topological polar surface area (TPSA) is 87.1 Å². The molecule has 4 atom stereocenters. The van der Waals surface area contributed by atoms with Crippen LogP contribution in [0.4, 0.5) is 14.7 Å². The summed E-state index contributed by atoms with van der Waals surface area (Å²) in [5, 5.41) is 23.6. The number of nitrogens with zero attached hydrogens (tertiary/aromatic N) is 5. The van der Waals surface area contributed by atoms with Crippen LogP contribution in [-0.2, 0) is 0 Å². The molecular formula is C26H28F2N6OS. The van der Waals surface area contributed by atoms with E-state index >= 15 is 4.39 Å². The second-order valence-corrected chi connectivity index (χ2v) is 10.7. The highest BCUT2D eigenvalue weighted by atomic mass is 32.2. The van der Waals surface area contributed by atoms with Crippen LogP contribution in [-0.4, -0.2) is 61.9 Å². The number of pyridine rings is 1. The molecular weight excluding hydrogens is 482 g/mol. The number of phenols is 1. The van der Waals surface area contributed by atoms with Crippen molar-refractivity contribution in [2.24, 2.45) is 0 Å². The fourth-order valence-electron chi connectivity index (χ4n) is 5.56. The van der Waals surface area contributed by atoms with Crippen molar-refractivity contribution < 1.29 is 13.9 Å². The van der Waals surface area contributed by atoms with Gasteiger partial charge < -0.3 is 15.3 Å². The van der Waals surface area contributed by atoms with Crippen molar-refractivity contribution in [3.63, 3.8) is 0 Å². The van der Waals surface area contributed by atoms with E-state index in [4.69, 9.17) is 0 Å². The van der Waals surface area contributed by atoms with Crippen molar-refractivity contribution >= 4 is 17.7 Å². The fourth-order valence-corrected chi connectivity index (χ4v) is 5.96. The zero-order valence-corrected chi connectivity index (χ0v) is 20.8. The number of hydrogen-bond donors (Lipinski definition) is 2. The third-order valence-electron chi connectivity index (χ3n) is 7.50. The SMILES string of the molecule is CSc1cc(-c2ccc(-c3cnc(N(C4CC4)[C@H]4C[C@@H]5CCC[C@H](N5)[C@H]4F)nn3)c(O)c2)c(F)cn1. The number of aromatic hydroxyl groups is 1. The number of benzene rings is 1. The number of fused-ring (bicyclic) bond motifs is 2. The minimum atomic E-state index is -0.970. The van der Waals surface area contributed by atoms with Gasteiger partial charge in [-0.3, -0.25) is 0 Å². The maximum absolute atomic E-state index is 15.4. The molecule has 10 heteroatoms. The summed E-state index contributed by atoms with van der Waals surface area (Å²) in [6.07, 6.45) is 9.41. The van der Waals surface area contributed by atoms with Crippen LogP contribution >= 0.6 is 11.8 Å². The molecule has 1 saturated carbocycles. The van der Waals surface area contributed by atoms with Crippen LogP contribution in [0.5, 0.6) is 5.75 Å². The third-order valence-corrected chi connectivity index (χ3v) is 8.14. The van der Waals surface area contributed by atoms with Crippen LogP contribution in [0.2, 0.25) is 0 Å². The molecule has 1 aromatic carbocycles. The Kier molecular flexibility index (Phi) is 6.25. The first kappa shape index (κ1) is 23.5. The molecule has 1 aliphatic carbocycles. The molecule has 0 radical (unpaired) electrons. The Morgan fingerprint density at radius 1 is 1.06 bits per heavy atom. The molecule has 6 rings (SSSR count). The van der Waals surface area contributed by atoms with Gasteiger partial charge in [0.1, 0.15) is 23.4 Å². The van der Waals surface area contributed by atoms with Crippen LogP contribution in [0.1, 0.15) is 38.5 Å². The molecule has 0 amide bonds. The standard InChI is InChI=1S/C26H28F2N6OS/c1-36-24-11-18(19(27)12-29-24)14-5-8-17(23(35)9-14)21-13-30-26(33-32-21)34(16-6-7-16)22-10-15-3-2-4-20(31-15)25(22)28/h5,8-9,11-13,15-16,20,22,25,31,35H,2-4,6-7,10H2,1H3/t15-,20-,22-,25+/m0/s1. The van der Waals surface area contributed by atoms with Gasteiger partial charge in [0, 0.05) is 29.3 Å². The summed E-state index contributed by atoms with van der Waals surface area (Å²) in [5.74, 6) is -0.0695. The summed E-state index contributed by atoms with van der Waals surface area (Å²) in [5.41, 5.74) is 1.75. The Labute approximate surface area is 212 Å². The smallest absolute Gasteiger partial charge is 0.245 e. The fraction of sp³-hybridized carbons (Fsp3) is 0.462. The predicted octanol–water partition coefficient (Wildman–Crippen LogP) is 4.76. The largest absolute Gasteiger partial charge is 0.507 e. The van der Waals surface area contributed by atoms with E-state index in [-0.39, 0.29) is 23.9 Å². The maximum Gasteiger partial charge on any atom is 0.245 e. The lowest BCUT2D eigenvalue weighted by atomic mass is 9.82. The number of hydrogen-bond acceptors (Lipinski definition) is 8. The van der Waals surface area contributed by atoms with Gasteiger partial charge in [0.05, 0.1) is 23.5 Å². The average Bonchev–Trinajstić information content (AvgIpc) is 3.73. The average molecular weight is 511 g/mol. The van der Waals surface area contributed by atoms with E-state index in [0.717, 1.165) is 38.5 Å². The van der Waals surface area contributed by atoms with Gasteiger partial charge in [-0.25, -0.2) is 18.7 Å². The number of anilines is 1. The molecule has 188 valence electrons. The number of phenolic OH excluding ortho intramolecular Hbond substituents is 1. The number of rotatable bonds is 6. The van der Waals surface area contributed by atoms with Gasteiger partial charge in [-0.1, -0.05) is 12.5 Å². The Morgan fingerprint density at radius 3 is 2.64 bits per heavy atom. The Morgan fingerprint density at radius 2 is 1.92 bits per heavy atom. The molecule has 36 heavy (non-hydrogen) atoms. The molecule has 2 bridgehead atoms. The molecule has 2 aromatic heterocycles. The van der Waals surface area contributed by atoms with Gasteiger partial charge >= 0.3 is 0 Å². The van der Waals surface area contributed by atoms with Crippen LogP contribution in [0.15, 0.2) is 41.7 Å². The van der Waals surface area contributed by atoms with Gasteiger partial charge in [0.15, 0.2) is 0 Å². The summed E-state index contributed by atoms with van der Waals surface area (Å²) in [6.45, 7) is 0. The van der Waals surface area contributed by atoms with E-state index in [2.05, 4.69) is 25.5 Å². The lowest BCUT2D eigenvalue weighted by Crippen LogP contribution is -2.62. The molecule has 2 aliphatic heterocycles. The molecule has 3 aromatic rings. The van der Waals surface area contributed by atoms with Gasteiger partial charge in [-0.2, -0.15) is 0 Å². The first-order valence-corrected chi connectivity index (χ1v) is 13.7. The van der Waals surface area contributed by atoms with Crippen molar-refractivity contribution in [3.8, 4) is 28.1 Å². The van der Waals surface area contributed by atoms with Crippen molar-refractivity contribution in [1.29, 1.82) is 0 Å². The minimum absolute atomic E-state index is 0.0488.